The molecule has 4 atom stereocenters. The molecule has 0 spiro atoms. The van der Waals surface area contributed by atoms with Gasteiger partial charge in [0.15, 0.2) is 0 Å². The van der Waals surface area contributed by atoms with Gasteiger partial charge in [-0.05, 0) is 36.0 Å². The Morgan fingerprint density at radius 2 is 2.00 bits per heavy atom. The van der Waals surface area contributed by atoms with Crippen LogP contribution in [0, 0.1) is 16.7 Å². The molecular formula is C15H26N2O2S. The lowest BCUT2D eigenvalue weighted by molar-refractivity contribution is -0.129. The molecule has 2 fully saturated rings. The van der Waals surface area contributed by atoms with Gasteiger partial charge in [0.25, 0.3) is 0 Å². The van der Waals surface area contributed by atoms with E-state index < -0.39 is 6.04 Å². The second-order valence-corrected chi connectivity index (χ2v) is 7.66. The summed E-state index contributed by atoms with van der Waals surface area (Å²) in [4.78, 5) is 23.5. The summed E-state index contributed by atoms with van der Waals surface area (Å²) >= 11 is 4.17. The van der Waals surface area contributed by atoms with Gasteiger partial charge in [-0.1, -0.05) is 20.8 Å². The van der Waals surface area contributed by atoms with Crippen LogP contribution < -0.4 is 10.6 Å². The SMILES string of the molecule is CC(=O)NC(CS)C(=O)NC1C2(C)CCC(C2)C1(C)C. The topological polar surface area (TPSA) is 58.2 Å². The van der Waals surface area contributed by atoms with E-state index in [2.05, 4.69) is 44.0 Å². The standard InChI is InChI=1S/C15H26N2O2S/c1-9(18)16-11(8-20)12(19)17-13-14(2,3)10-5-6-15(13,4)7-10/h10-11,13,20H,5-8H2,1-4H3,(H,16,18)(H,17,19). The number of fused-ring (bicyclic) bond motifs is 2. The lowest BCUT2D eigenvalue weighted by atomic mass is 9.68. The molecule has 0 aromatic rings. The van der Waals surface area contributed by atoms with Crippen LogP contribution in [0.15, 0.2) is 0 Å². The third-order valence-corrected chi connectivity index (χ3v) is 5.80. The Kier molecular flexibility index (Phi) is 4.11. The molecule has 2 N–H and O–H groups in total. The van der Waals surface area contributed by atoms with Crippen LogP contribution >= 0.6 is 12.6 Å². The van der Waals surface area contributed by atoms with Crippen LogP contribution in [0.5, 0.6) is 0 Å². The van der Waals surface area contributed by atoms with Crippen molar-refractivity contribution in [2.45, 2.75) is 59.0 Å². The van der Waals surface area contributed by atoms with Gasteiger partial charge in [0, 0.05) is 18.7 Å². The van der Waals surface area contributed by atoms with Crippen molar-refractivity contribution in [3.63, 3.8) is 0 Å². The molecule has 2 saturated carbocycles. The van der Waals surface area contributed by atoms with Gasteiger partial charge in [-0.25, -0.2) is 0 Å². The van der Waals surface area contributed by atoms with E-state index in [0.717, 1.165) is 0 Å². The van der Waals surface area contributed by atoms with E-state index in [1.165, 1.54) is 26.2 Å². The Morgan fingerprint density at radius 1 is 1.35 bits per heavy atom. The quantitative estimate of drug-likeness (QED) is 0.693. The summed E-state index contributed by atoms with van der Waals surface area (Å²) in [7, 11) is 0. The number of rotatable bonds is 4. The summed E-state index contributed by atoms with van der Waals surface area (Å²) in [6.45, 7) is 8.20. The molecule has 2 aliphatic rings. The smallest absolute Gasteiger partial charge is 0.243 e. The molecule has 0 aromatic heterocycles. The second kappa shape index (κ2) is 5.24. The summed E-state index contributed by atoms with van der Waals surface area (Å²) in [6, 6.07) is -0.369. The van der Waals surface area contributed by atoms with Gasteiger partial charge in [0.2, 0.25) is 11.8 Å². The summed E-state index contributed by atoms with van der Waals surface area (Å²) in [6.07, 6.45) is 3.63. The Morgan fingerprint density at radius 3 is 2.45 bits per heavy atom. The third kappa shape index (κ3) is 2.57. The van der Waals surface area contributed by atoms with Crippen molar-refractivity contribution in [1.29, 1.82) is 0 Å². The first-order valence-electron chi connectivity index (χ1n) is 7.39. The second-order valence-electron chi connectivity index (χ2n) is 7.29. The molecule has 0 saturated heterocycles. The lowest BCUT2D eigenvalue weighted by Gasteiger charge is -2.43. The van der Waals surface area contributed by atoms with Gasteiger partial charge < -0.3 is 10.6 Å². The van der Waals surface area contributed by atoms with E-state index in [1.807, 2.05) is 0 Å². The molecule has 2 bridgehead atoms. The molecule has 0 heterocycles. The van der Waals surface area contributed by atoms with E-state index >= 15 is 0 Å². The van der Waals surface area contributed by atoms with E-state index in [1.54, 1.807) is 0 Å². The molecule has 0 aliphatic heterocycles. The number of nitrogens with one attached hydrogen (secondary N) is 2. The van der Waals surface area contributed by atoms with E-state index in [9.17, 15) is 9.59 Å². The monoisotopic (exact) mass is 298 g/mol. The molecule has 2 rings (SSSR count). The largest absolute Gasteiger partial charge is 0.350 e. The van der Waals surface area contributed by atoms with Crippen molar-refractivity contribution in [3.8, 4) is 0 Å². The summed E-state index contributed by atoms with van der Waals surface area (Å²) < 4.78 is 0. The number of hydrogen-bond donors (Lipinski definition) is 3. The first kappa shape index (κ1) is 15.7. The fourth-order valence-electron chi connectivity index (χ4n) is 4.34. The van der Waals surface area contributed by atoms with Crippen LogP contribution in [0.1, 0.15) is 47.0 Å². The number of carbonyl (C=O) groups is 2. The number of amides is 2. The predicted molar refractivity (Wildman–Crippen MR) is 82.6 cm³/mol. The highest BCUT2D eigenvalue weighted by Gasteiger charge is 2.59. The van der Waals surface area contributed by atoms with Crippen LogP contribution in [0.4, 0.5) is 0 Å². The average Bonchev–Trinajstić information content (AvgIpc) is 2.82. The number of thiol groups is 1. The zero-order valence-corrected chi connectivity index (χ0v) is 13.7. The zero-order chi connectivity index (χ0) is 15.1. The fraction of sp³-hybridized carbons (Fsp3) is 0.867. The van der Waals surface area contributed by atoms with Crippen molar-refractivity contribution in [2.75, 3.05) is 5.75 Å². The zero-order valence-electron chi connectivity index (χ0n) is 12.8. The predicted octanol–water partition coefficient (Wildman–Crippen LogP) is 1.75. The molecule has 0 aromatic carbocycles. The van der Waals surface area contributed by atoms with Gasteiger partial charge in [0.05, 0.1) is 0 Å². The van der Waals surface area contributed by atoms with Crippen LogP contribution in [-0.2, 0) is 9.59 Å². The highest BCUT2D eigenvalue weighted by Crippen LogP contribution is 2.62. The number of hydrogen-bond acceptors (Lipinski definition) is 3. The normalized spacial score (nSPS) is 35.6. The van der Waals surface area contributed by atoms with E-state index in [-0.39, 0.29) is 28.7 Å². The molecule has 20 heavy (non-hydrogen) atoms. The molecule has 2 amide bonds. The minimum atomic E-state index is -0.547. The van der Waals surface area contributed by atoms with Crippen LogP contribution in [0.25, 0.3) is 0 Å². The average molecular weight is 298 g/mol. The Bertz CT molecular complexity index is 419. The van der Waals surface area contributed by atoms with Crippen molar-refractivity contribution in [2.24, 2.45) is 16.7 Å². The summed E-state index contributed by atoms with van der Waals surface area (Å²) in [5.41, 5.74) is 0.321. The van der Waals surface area contributed by atoms with Crippen molar-refractivity contribution in [1.82, 2.24) is 10.6 Å². The maximum atomic E-state index is 12.4. The minimum absolute atomic E-state index is 0.109. The molecule has 2 aliphatic carbocycles. The number of carbonyl (C=O) groups excluding carboxylic acids is 2. The maximum absolute atomic E-state index is 12.4. The van der Waals surface area contributed by atoms with Crippen LogP contribution in [0.2, 0.25) is 0 Å². The highest BCUT2D eigenvalue weighted by molar-refractivity contribution is 7.80. The Labute approximate surface area is 126 Å². The first-order chi connectivity index (χ1) is 9.20. The van der Waals surface area contributed by atoms with Crippen molar-refractivity contribution >= 4 is 24.4 Å². The minimum Gasteiger partial charge on any atom is -0.350 e. The highest BCUT2D eigenvalue weighted by atomic mass is 32.1. The van der Waals surface area contributed by atoms with Gasteiger partial charge in [-0.15, -0.1) is 0 Å². The molecule has 5 heteroatoms. The van der Waals surface area contributed by atoms with Gasteiger partial charge >= 0.3 is 0 Å². The third-order valence-electron chi connectivity index (χ3n) is 5.43. The van der Waals surface area contributed by atoms with Gasteiger partial charge in [-0.2, -0.15) is 12.6 Å². The molecule has 4 nitrogen and oxygen atoms in total. The van der Waals surface area contributed by atoms with Crippen LogP contribution in [0.3, 0.4) is 0 Å². The van der Waals surface area contributed by atoms with Crippen LogP contribution in [-0.4, -0.2) is 29.7 Å². The molecular weight excluding hydrogens is 272 g/mol. The molecule has 0 radical (unpaired) electrons. The molecule has 4 unspecified atom stereocenters. The first-order valence-corrected chi connectivity index (χ1v) is 8.02. The van der Waals surface area contributed by atoms with Crippen molar-refractivity contribution < 1.29 is 9.59 Å². The lowest BCUT2D eigenvalue weighted by Crippen LogP contribution is -2.57. The summed E-state index contributed by atoms with van der Waals surface area (Å²) in [5.74, 6) is 0.700. The van der Waals surface area contributed by atoms with E-state index in [4.69, 9.17) is 0 Å². The fourth-order valence-corrected chi connectivity index (χ4v) is 4.60. The van der Waals surface area contributed by atoms with Crippen molar-refractivity contribution in [3.05, 3.63) is 0 Å². The van der Waals surface area contributed by atoms with E-state index in [0.29, 0.717) is 11.7 Å². The maximum Gasteiger partial charge on any atom is 0.243 e. The van der Waals surface area contributed by atoms with Gasteiger partial charge in [-0.3, -0.25) is 9.59 Å². The Balaban J connectivity index is 2.09. The molecule has 114 valence electrons. The summed E-state index contributed by atoms with van der Waals surface area (Å²) in [5, 5.41) is 5.85. The Hall–Kier alpha value is -0.710. The van der Waals surface area contributed by atoms with Gasteiger partial charge in [0.1, 0.15) is 6.04 Å².